The summed E-state index contributed by atoms with van der Waals surface area (Å²) < 4.78 is 7.43. The Hall–Kier alpha value is -1.07. The van der Waals surface area contributed by atoms with E-state index in [1.54, 1.807) is 12.3 Å². The van der Waals surface area contributed by atoms with Gasteiger partial charge in [-0.2, -0.15) is 0 Å². The zero-order valence-corrected chi connectivity index (χ0v) is 12.2. The van der Waals surface area contributed by atoms with Gasteiger partial charge in [-0.25, -0.2) is 4.98 Å². The lowest BCUT2D eigenvalue weighted by molar-refractivity contribution is 0.461. The number of rotatable bonds is 2. The van der Waals surface area contributed by atoms with Crippen LogP contribution < -0.4 is 10.5 Å². The Morgan fingerprint density at radius 3 is 2.65 bits per heavy atom. The second-order valence-electron chi connectivity index (χ2n) is 3.53. The Kier molecular flexibility index (Phi) is 3.69. The second kappa shape index (κ2) is 5.06. The zero-order chi connectivity index (χ0) is 12.4. The molecule has 1 aromatic carbocycles. The van der Waals surface area contributed by atoms with Crippen LogP contribution in [0, 0.1) is 6.92 Å². The van der Waals surface area contributed by atoms with Gasteiger partial charge in [0.15, 0.2) is 5.75 Å². The molecule has 0 fully saturated rings. The number of halogens is 2. The van der Waals surface area contributed by atoms with E-state index < -0.39 is 0 Å². The molecular weight excluding hydrogens is 348 g/mol. The number of aryl methyl sites for hydroxylation is 1. The van der Waals surface area contributed by atoms with E-state index in [-0.39, 0.29) is 0 Å². The molecule has 0 saturated carbocycles. The molecule has 17 heavy (non-hydrogen) atoms. The number of para-hydroxylation sites is 1. The molecule has 1 heterocycles. The van der Waals surface area contributed by atoms with Crippen LogP contribution in [0.3, 0.4) is 0 Å². The highest BCUT2D eigenvalue weighted by Crippen LogP contribution is 2.34. The van der Waals surface area contributed by atoms with E-state index in [9.17, 15) is 0 Å². The maximum absolute atomic E-state index is 5.85. The number of hydrogen-bond donors (Lipinski definition) is 1. The molecule has 0 bridgehead atoms. The molecule has 88 valence electrons. The van der Waals surface area contributed by atoms with Gasteiger partial charge in [-0.3, -0.25) is 0 Å². The molecule has 2 N–H and O–H groups in total. The van der Waals surface area contributed by atoms with Crippen LogP contribution in [-0.2, 0) is 0 Å². The highest BCUT2D eigenvalue weighted by Gasteiger charge is 2.08. The molecule has 0 spiro atoms. The van der Waals surface area contributed by atoms with Crippen LogP contribution in [0.1, 0.15) is 5.56 Å². The van der Waals surface area contributed by atoms with Crippen LogP contribution in [0.25, 0.3) is 0 Å². The minimum absolute atomic E-state index is 0.518. The number of nitrogens with zero attached hydrogens (tertiary/aromatic N) is 1. The minimum atomic E-state index is 0.518. The Morgan fingerprint density at radius 1 is 1.24 bits per heavy atom. The maximum Gasteiger partial charge on any atom is 0.219 e. The summed E-state index contributed by atoms with van der Waals surface area (Å²) in [6, 6.07) is 7.36. The van der Waals surface area contributed by atoms with E-state index >= 15 is 0 Å². The average Bonchev–Trinajstić information content (AvgIpc) is 2.28. The van der Waals surface area contributed by atoms with Gasteiger partial charge in [0.25, 0.3) is 0 Å². The van der Waals surface area contributed by atoms with Crippen molar-refractivity contribution in [3.8, 4) is 11.6 Å². The number of nitrogens with two attached hydrogens (primary N) is 1. The third-order valence-electron chi connectivity index (χ3n) is 2.23. The van der Waals surface area contributed by atoms with Gasteiger partial charge < -0.3 is 10.5 Å². The number of nitrogen functional groups attached to an aromatic ring is 1. The van der Waals surface area contributed by atoms with Crippen molar-refractivity contribution >= 4 is 37.5 Å². The second-order valence-corrected chi connectivity index (χ2v) is 5.24. The standard InChI is InChI=1S/C12H10Br2N2O/c1-7-5-11(16-6-9(7)14)17-12-8(13)3-2-4-10(12)15/h2-6H,15H2,1H3. The van der Waals surface area contributed by atoms with Crippen molar-refractivity contribution in [1.82, 2.24) is 4.98 Å². The van der Waals surface area contributed by atoms with E-state index in [1.807, 2.05) is 25.1 Å². The van der Waals surface area contributed by atoms with Gasteiger partial charge in [0, 0.05) is 16.7 Å². The third-order valence-corrected chi connectivity index (χ3v) is 3.68. The summed E-state index contributed by atoms with van der Waals surface area (Å²) in [7, 11) is 0. The summed E-state index contributed by atoms with van der Waals surface area (Å²) >= 11 is 6.79. The molecule has 0 unspecified atom stereocenters. The monoisotopic (exact) mass is 356 g/mol. The van der Waals surface area contributed by atoms with Crippen molar-refractivity contribution in [3.63, 3.8) is 0 Å². The quantitative estimate of drug-likeness (QED) is 0.815. The minimum Gasteiger partial charge on any atom is -0.436 e. The number of anilines is 1. The SMILES string of the molecule is Cc1cc(Oc2c(N)cccc2Br)ncc1Br. The van der Waals surface area contributed by atoms with Gasteiger partial charge in [0.2, 0.25) is 5.88 Å². The summed E-state index contributed by atoms with van der Waals surface area (Å²) in [6.07, 6.45) is 1.71. The van der Waals surface area contributed by atoms with Gasteiger partial charge in [0.05, 0.1) is 10.2 Å². The van der Waals surface area contributed by atoms with Crippen molar-refractivity contribution in [3.05, 3.63) is 45.0 Å². The summed E-state index contributed by atoms with van der Waals surface area (Å²) in [5, 5.41) is 0. The van der Waals surface area contributed by atoms with E-state index in [4.69, 9.17) is 10.5 Å². The van der Waals surface area contributed by atoms with Crippen LogP contribution in [0.4, 0.5) is 5.69 Å². The smallest absolute Gasteiger partial charge is 0.219 e. The highest BCUT2D eigenvalue weighted by atomic mass is 79.9. The summed E-state index contributed by atoms with van der Waals surface area (Å²) in [5.74, 6) is 1.10. The van der Waals surface area contributed by atoms with Crippen LogP contribution in [-0.4, -0.2) is 4.98 Å². The third kappa shape index (κ3) is 2.79. The lowest BCUT2D eigenvalue weighted by Gasteiger charge is -2.10. The Labute approximate surface area is 116 Å². The lowest BCUT2D eigenvalue weighted by atomic mass is 10.3. The Balaban J connectivity index is 2.35. The molecule has 0 atom stereocenters. The van der Waals surface area contributed by atoms with E-state index in [1.165, 1.54) is 0 Å². The fourth-order valence-corrected chi connectivity index (χ4v) is 1.99. The van der Waals surface area contributed by atoms with Crippen molar-refractivity contribution in [2.45, 2.75) is 6.92 Å². The van der Waals surface area contributed by atoms with Gasteiger partial charge in [-0.1, -0.05) is 6.07 Å². The molecule has 0 aliphatic carbocycles. The molecule has 0 aliphatic rings. The normalized spacial score (nSPS) is 10.3. The van der Waals surface area contributed by atoms with E-state index in [0.29, 0.717) is 17.3 Å². The maximum atomic E-state index is 5.85. The summed E-state index contributed by atoms with van der Waals surface area (Å²) in [6.45, 7) is 1.97. The van der Waals surface area contributed by atoms with Gasteiger partial charge in [-0.05, 0) is 56.5 Å². The van der Waals surface area contributed by atoms with Crippen molar-refractivity contribution in [2.24, 2.45) is 0 Å². The predicted octanol–water partition coefficient (Wildman–Crippen LogP) is 4.29. The van der Waals surface area contributed by atoms with Gasteiger partial charge in [0.1, 0.15) is 0 Å². The first-order valence-corrected chi connectivity index (χ1v) is 6.50. The van der Waals surface area contributed by atoms with Gasteiger partial charge >= 0.3 is 0 Å². The summed E-state index contributed by atoms with van der Waals surface area (Å²) in [4.78, 5) is 4.17. The zero-order valence-electron chi connectivity index (χ0n) is 9.08. The predicted molar refractivity (Wildman–Crippen MR) is 75.3 cm³/mol. The van der Waals surface area contributed by atoms with E-state index in [0.717, 1.165) is 14.5 Å². The van der Waals surface area contributed by atoms with E-state index in [2.05, 4.69) is 36.8 Å². The molecule has 2 rings (SSSR count). The largest absolute Gasteiger partial charge is 0.436 e. The Morgan fingerprint density at radius 2 is 2.00 bits per heavy atom. The molecule has 2 aromatic rings. The molecule has 0 amide bonds. The molecule has 5 heteroatoms. The first-order valence-electron chi connectivity index (χ1n) is 4.92. The van der Waals surface area contributed by atoms with Crippen molar-refractivity contribution in [1.29, 1.82) is 0 Å². The number of ether oxygens (including phenoxy) is 1. The van der Waals surface area contributed by atoms with Crippen molar-refractivity contribution < 1.29 is 4.74 Å². The van der Waals surface area contributed by atoms with Gasteiger partial charge in [-0.15, -0.1) is 0 Å². The molecular formula is C12H10Br2N2O. The fourth-order valence-electron chi connectivity index (χ4n) is 1.31. The molecule has 3 nitrogen and oxygen atoms in total. The summed E-state index contributed by atoms with van der Waals surface area (Å²) in [5.41, 5.74) is 7.47. The topological polar surface area (TPSA) is 48.1 Å². The number of benzene rings is 1. The van der Waals surface area contributed by atoms with Crippen LogP contribution in [0.2, 0.25) is 0 Å². The van der Waals surface area contributed by atoms with Crippen molar-refractivity contribution in [2.75, 3.05) is 5.73 Å². The first kappa shape index (κ1) is 12.4. The molecule has 0 aliphatic heterocycles. The first-order chi connectivity index (χ1) is 8.08. The lowest BCUT2D eigenvalue weighted by Crippen LogP contribution is -1.95. The number of aromatic nitrogens is 1. The molecule has 1 aromatic heterocycles. The molecule has 0 radical (unpaired) electrons. The van der Waals surface area contributed by atoms with Crippen LogP contribution in [0.5, 0.6) is 11.6 Å². The fraction of sp³-hybridized carbons (Fsp3) is 0.0833. The average molecular weight is 358 g/mol. The van der Waals surface area contributed by atoms with Crippen LogP contribution in [0.15, 0.2) is 39.4 Å². The Bertz CT molecular complexity index is 538. The highest BCUT2D eigenvalue weighted by molar-refractivity contribution is 9.10. The molecule has 0 saturated heterocycles. The number of hydrogen-bond acceptors (Lipinski definition) is 3. The number of pyridine rings is 1. The van der Waals surface area contributed by atoms with Crippen LogP contribution >= 0.6 is 31.9 Å².